The summed E-state index contributed by atoms with van der Waals surface area (Å²) in [7, 11) is 1.49. The van der Waals surface area contributed by atoms with Gasteiger partial charge in [-0.15, -0.1) is 0 Å². The standard InChI is InChI=1S/C14H12N2O5/c1-21-11-4-2-3-10(7-11)14(18)9-15-6-5-13(17)12(8-15)16(19)20/h2-8H,9H2,1H3. The molecule has 0 bridgehead atoms. The average molecular weight is 288 g/mol. The van der Waals surface area contributed by atoms with E-state index in [9.17, 15) is 19.7 Å². The summed E-state index contributed by atoms with van der Waals surface area (Å²) in [5.41, 5.74) is -0.822. The number of methoxy groups -OCH3 is 1. The highest BCUT2D eigenvalue weighted by molar-refractivity contribution is 5.96. The van der Waals surface area contributed by atoms with Crippen LogP contribution in [-0.4, -0.2) is 22.4 Å². The predicted molar refractivity (Wildman–Crippen MR) is 74.7 cm³/mol. The Hall–Kier alpha value is -2.96. The van der Waals surface area contributed by atoms with Gasteiger partial charge in [-0.25, -0.2) is 0 Å². The number of carbonyl (C=O) groups excluding carboxylic acids is 1. The summed E-state index contributed by atoms with van der Waals surface area (Å²) in [5, 5.41) is 10.7. The number of carbonyl (C=O) groups is 1. The Kier molecular flexibility index (Phi) is 4.13. The van der Waals surface area contributed by atoms with Gasteiger partial charge in [0.2, 0.25) is 0 Å². The maximum Gasteiger partial charge on any atom is 0.332 e. The predicted octanol–water partition coefficient (Wildman–Crippen LogP) is 1.65. The first-order valence-electron chi connectivity index (χ1n) is 6.03. The summed E-state index contributed by atoms with van der Waals surface area (Å²) in [5.74, 6) is 0.304. The van der Waals surface area contributed by atoms with E-state index in [0.717, 1.165) is 12.3 Å². The van der Waals surface area contributed by atoms with Crippen LogP contribution in [0.2, 0.25) is 0 Å². The Bertz CT molecular complexity index is 751. The van der Waals surface area contributed by atoms with E-state index in [0.29, 0.717) is 11.3 Å². The van der Waals surface area contributed by atoms with Gasteiger partial charge in [0.15, 0.2) is 5.78 Å². The number of nitro groups is 1. The molecule has 0 aliphatic rings. The van der Waals surface area contributed by atoms with E-state index in [2.05, 4.69) is 0 Å². The molecule has 2 rings (SSSR count). The van der Waals surface area contributed by atoms with Crippen LogP contribution in [0.15, 0.2) is 47.5 Å². The van der Waals surface area contributed by atoms with Crippen molar-refractivity contribution in [1.82, 2.24) is 4.57 Å². The topological polar surface area (TPSA) is 91.4 Å². The molecule has 0 atom stereocenters. The minimum atomic E-state index is -0.769. The average Bonchev–Trinajstić information content (AvgIpc) is 2.49. The molecule has 1 aromatic carbocycles. The molecule has 108 valence electrons. The fourth-order valence-electron chi connectivity index (χ4n) is 1.80. The van der Waals surface area contributed by atoms with Gasteiger partial charge in [0.05, 0.1) is 24.8 Å². The van der Waals surface area contributed by atoms with Crippen LogP contribution in [0, 0.1) is 10.1 Å². The molecule has 0 saturated heterocycles. The smallest absolute Gasteiger partial charge is 0.332 e. The molecule has 0 spiro atoms. The van der Waals surface area contributed by atoms with Gasteiger partial charge in [-0.3, -0.25) is 19.7 Å². The summed E-state index contributed by atoms with van der Waals surface area (Å²) in [6.45, 7) is -0.103. The van der Waals surface area contributed by atoms with Crippen LogP contribution in [0.3, 0.4) is 0 Å². The summed E-state index contributed by atoms with van der Waals surface area (Å²) in [6, 6.07) is 7.67. The number of aromatic nitrogens is 1. The number of Topliss-reactive ketones (excluding diaryl/α,β-unsaturated/α-hetero) is 1. The molecule has 0 saturated carbocycles. The third-order valence-electron chi connectivity index (χ3n) is 2.87. The second-order valence-corrected chi connectivity index (χ2v) is 4.28. The Morgan fingerprint density at radius 1 is 1.38 bits per heavy atom. The molecular formula is C14H12N2O5. The fourth-order valence-corrected chi connectivity index (χ4v) is 1.80. The SMILES string of the molecule is COc1cccc(C(=O)Cn2ccc(=O)c([N+](=O)[O-])c2)c1. The molecule has 21 heavy (non-hydrogen) atoms. The van der Waals surface area contributed by atoms with Crippen LogP contribution >= 0.6 is 0 Å². The number of nitrogens with zero attached hydrogens (tertiary/aromatic N) is 2. The second-order valence-electron chi connectivity index (χ2n) is 4.28. The molecular weight excluding hydrogens is 276 g/mol. The number of benzene rings is 1. The largest absolute Gasteiger partial charge is 0.497 e. The van der Waals surface area contributed by atoms with Gasteiger partial charge in [0.1, 0.15) is 5.75 Å². The molecule has 0 fully saturated rings. The van der Waals surface area contributed by atoms with Crippen LogP contribution in [0.4, 0.5) is 5.69 Å². The molecule has 1 heterocycles. The minimum Gasteiger partial charge on any atom is -0.497 e. The van der Waals surface area contributed by atoms with E-state index in [1.54, 1.807) is 24.3 Å². The van der Waals surface area contributed by atoms with E-state index >= 15 is 0 Å². The van der Waals surface area contributed by atoms with E-state index in [1.165, 1.54) is 17.9 Å². The van der Waals surface area contributed by atoms with Gasteiger partial charge >= 0.3 is 5.69 Å². The van der Waals surface area contributed by atoms with Crippen molar-refractivity contribution >= 4 is 11.5 Å². The van der Waals surface area contributed by atoms with Crippen LogP contribution in [0.25, 0.3) is 0 Å². The van der Waals surface area contributed by atoms with E-state index in [-0.39, 0.29) is 12.3 Å². The number of pyridine rings is 1. The van der Waals surface area contributed by atoms with Crippen molar-refractivity contribution in [3.8, 4) is 5.75 Å². The molecule has 0 unspecified atom stereocenters. The third-order valence-corrected chi connectivity index (χ3v) is 2.87. The minimum absolute atomic E-state index is 0.103. The summed E-state index contributed by atoms with van der Waals surface area (Å²) >= 11 is 0. The van der Waals surface area contributed by atoms with Gasteiger partial charge in [0, 0.05) is 17.8 Å². The highest BCUT2D eigenvalue weighted by atomic mass is 16.6. The lowest BCUT2D eigenvalue weighted by molar-refractivity contribution is -0.386. The number of hydrogen-bond donors (Lipinski definition) is 0. The number of ketones is 1. The van der Waals surface area contributed by atoms with Crippen LogP contribution in [-0.2, 0) is 6.54 Å². The van der Waals surface area contributed by atoms with Crippen molar-refractivity contribution in [1.29, 1.82) is 0 Å². The quantitative estimate of drug-likeness (QED) is 0.474. The first kappa shape index (κ1) is 14.4. The molecule has 0 radical (unpaired) electrons. The molecule has 0 N–H and O–H groups in total. The van der Waals surface area contributed by atoms with Gasteiger partial charge < -0.3 is 9.30 Å². The first-order valence-corrected chi connectivity index (χ1v) is 6.03. The Morgan fingerprint density at radius 2 is 2.14 bits per heavy atom. The lowest BCUT2D eigenvalue weighted by Gasteiger charge is -2.06. The van der Waals surface area contributed by atoms with Gasteiger partial charge in [0.25, 0.3) is 5.43 Å². The number of hydrogen-bond acceptors (Lipinski definition) is 5. The molecule has 0 amide bonds. The third kappa shape index (κ3) is 3.33. The molecule has 0 aliphatic carbocycles. The van der Waals surface area contributed by atoms with Crippen molar-refractivity contribution in [2.45, 2.75) is 6.54 Å². The van der Waals surface area contributed by atoms with Crippen LogP contribution < -0.4 is 10.2 Å². The fraction of sp³-hybridized carbons (Fsp3) is 0.143. The summed E-state index contributed by atoms with van der Waals surface area (Å²) in [6.07, 6.45) is 2.40. The van der Waals surface area contributed by atoms with Crippen LogP contribution in [0.5, 0.6) is 5.75 Å². The Morgan fingerprint density at radius 3 is 2.81 bits per heavy atom. The summed E-state index contributed by atoms with van der Waals surface area (Å²) in [4.78, 5) is 33.4. The normalized spacial score (nSPS) is 10.1. The Labute approximate surface area is 119 Å². The van der Waals surface area contributed by atoms with E-state index in [1.807, 2.05) is 0 Å². The van der Waals surface area contributed by atoms with Gasteiger partial charge in [-0.05, 0) is 12.1 Å². The zero-order valence-electron chi connectivity index (χ0n) is 11.2. The highest BCUT2D eigenvalue weighted by Gasteiger charge is 2.13. The zero-order valence-corrected chi connectivity index (χ0v) is 11.2. The monoisotopic (exact) mass is 288 g/mol. The molecule has 7 heteroatoms. The maximum atomic E-state index is 12.1. The molecule has 2 aromatic rings. The Balaban J connectivity index is 2.25. The zero-order chi connectivity index (χ0) is 15.4. The van der Waals surface area contributed by atoms with Crippen molar-refractivity contribution in [2.75, 3.05) is 7.11 Å². The van der Waals surface area contributed by atoms with Crippen LogP contribution in [0.1, 0.15) is 10.4 Å². The lowest BCUT2D eigenvalue weighted by atomic mass is 10.1. The van der Waals surface area contributed by atoms with E-state index < -0.39 is 16.0 Å². The van der Waals surface area contributed by atoms with E-state index in [4.69, 9.17) is 4.74 Å². The van der Waals surface area contributed by atoms with Gasteiger partial charge in [-0.1, -0.05) is 12.1 Å². The van der Waals surface area contributed by atoms with Crippen molar-refractivity contribution in [3.63, 3.8) is 0 Å². The second kappa shape index (κ2) is 6.00. The molecule has 7 nitrogen and oxygen atoms in total. The maximum absolute atomic E-state index is 12.1. The van der Waals surface area contributed by atoms with Crippen molar-refractivity contribution < 1.29 is 14.5 Å². The van der Waals surface area contributed by atoms with Crippen molar-refractivity contribution in [2.24, 2.45) is 0 Å². The molecule has 0 aliphatic heterocycles. The van der Waals surface area contributed by atoms with Gasteiger partial charge in [-0.2, -0.15) is 0 Å². The first-order chi connectivity index (χ1) is 10.0. The molecule has 1 aromatic heterocycles. The highest BCUT2D eigenvalue weighted by Crippen LogP contribution is 2.14. The number of ether oxygens (including phenoxy) is 1. The number of rotatable bonds is 5. The van der Waals surface area contributed by atoms with Crippen molar-refractivity contribution in [3.05, 3.63) is 68.6 Å². The lowest BCUT2D eigenvalue weighted by Crippen LogP contribution is -2.15. The summed E-state index contributed by atoms with van der Waals surface area (Å²) < 4.78 is 6.34.